The van der Waals surface area contributed by atoms with E-state index in [1.165, 1.54) is 24.6 Å². The Morgan fingerprint density at radius 2 is 1.68 bits per heavy atom. The maximum atomic E-state index is 13.9. The number of para-hydroxylation sites is 2. The van der Waals surface area contributed by atoms with Gasteiger partial charge in [0.15, 0.2) is 0 Å². The highest BCUT2D eigenvalue weighted by atomic mass is 32.2. The van der Waals surface area contributed by atoms with Crippen molar-refractivity contribution in [2.24, 2.45) is 0 Å². The molecule has 0 aliphatic carbocycles. The van der Waals surface area contributed by atoms with Crippen LogP contribution in [0.1, 0.15) is 25.3 Å². The van der Waals surface area contributed by atoms with Gasteiger partial charge >= 0.3 is 0 Å². The third kappa shape index (κ3) is 2.44. The van der Waals surface area contributed by atoms with Crippen molar-refractivity contribution in [2.75, 3.05) is 29.6 Å². The first-order valence-corrected chi connectivity index (χ1v) is 10.7. The molecule has 6 heteroatoms. The highest BCUT2D eigenvalue weighted by Gasteiger charge is 2.63. The van der Waals surface area contributed by atoms with Crippen molar-refractivity contribution >= 4 is 35.0 Å². The molecule has 2 aromatic rings. The van der Waals surface area contributed by atoms with Gasteiger partial charge in [-0.15, -0.1) is 11.8 Å². The van der Waals surface area contributed by atoms with Gasteiger partial charge in [0.25, 0.3) is 5.91 Å². The highest BCUT2D eigenvalue weighted by molar-refractivity contribution is 8.03. The zero-order valence-electron chi connectivity index (χ0n) is 15.9. The highest BCUT2D eigenvalue weighted by Crippen LogP contribution is 2.57. The summed E-state index contributed by atoms with van der Waals surface area (Å²) >= 11 is 1.47. The molecule has 0 aromatic heterocycles. The lowest BCUT2D eigenvalue weighted by atomic mass is 10.0. The summed E-state index contributed by atoms with van der Waals surface area (Å²) in [4.78, 5) is 32.0. The van der Waals surface area contributed by atoms with Crippen LogP contribution in [0.15, 0.2) is 54.6 Å². The lowest BCUT2D eigenvalue weighted by molar-refractivity contribution is -0.124. The van der Waals surface area contributed by atoms with Crippen LogP contribution in [0, 0.1) is 0 Å². The first kappa shape index (κ1) is 17.8. The Balaban J connectivity index is 1.65. The number of anilines is 2. The fraction of sp³-hybridized carbons (Fsp3) is 0.364. The van der Waals surface area contributed by atoms with Crippen molar-refractivity contribution in [2.45, 2.75) is 29.9 Å². The molecule has 28 heavy (non-hydrogen) atoms. The first-order chi connectivity index (χ1) is 13.6. The fourth-order valence-corrected chi connectivity index (χ4v) is 6.11. The Labute approximate surface area is 169 Å². The summed E-state index contributed by atoms with van der Waals surface area (Å²) in [6.07, 6.45) is 2.35. The number of amides is 2. The van der Waals surface area contributed by atoms with E-state index in [2.05, 4.69) is 4.90 Å². The van der Waals surface area contributed by atoms with E-state index in [9.17, 15) is 9.59 Å². The summed E-state index contributed by atoms with van der Waals surface area (Å²) in [7, 11) is 0. The second-order valence-electron chi connectivity index (χ2n) is 7.63. The van der Waals surface area contributed by atoms with Crippen molar-refractivity contribution in [1.29, 1.82) is 0 Å². The van der Waals surface area contributed by atoms with Crippen molar-refractivity contribution < 1.29 is 9.59 Å². The summed E-state index contributed by atoms with van der Waals surface area (Å²) in [6, 6.07) is 17.5. The second kappa shape index (κ2) is 6.64. The normalized spacial score (nSPS) is 27.2. The molecule has 2 unspecified atom stereocenters. The number of carbonyl (C=O) groups is 2. The van der Waals surface area contributed by atoms with E-state index in [0.717, 1.165) is 30.0 Å². The van der Waals surface area contributed by atoms with E-state index in [1.807, 2.05) is 66.4 Å². The molecule has 5 rings (SSSR count). The van der Waals surface area contributed by atoms with Gasteiger partial charge in [-0.25, -0.2) is 0 Å². The number of nitrogens with zero attached hydrogens (tertiary/aromatic N) is 3. The van der Waals surface area contributed by atoms with Crippen LogP contribution in [0.5, 0.6) is 0 Å². The number of benzene rings is 2. The molecule has 0 saturated carbocycles. The number of hydrogen-bond acceptors (Lipinski definition) is 4. The molecular formula is C22H23N3O2S. The van der Waals surface area contributed by atoms with Crippen LogP contribution < -0.4 is 9.80 Å². The molecule has 0 radical (unpaired) electrons. The van der Waals surface area contributed by atoms with Crippen LogP contribution in [-0.2, 0) is 14.5 Å². The summed E-state index contributed by atoms with van der Waals surface area (Å²) in [5, 5.41) is -0.274. The molecule has 3 aliphatic heterocycles. The Bertz CT molecular complexity index is 928. The molecule has 0 bridgehead atoms. The summed E-state index contributed by atoms with van der Waals surface area (Å²) in [5.41, 5.74) is 2.62. The zero-order valence-corrected chi connectivity index (χ0v) is 16.7. The van der Waals surface area contributed by atoms with Crippen molar-refractivity contribution in [3.05, 3.63) is 60.2 Å². The van der Waals surface area contributed by atoms with Gasteiger partial charge < -0.3 is 0 Å². The molecule has 3 heterocycles. The minimum Gasteiger partial charge on any atom is -0.295 e. The summed E-state index contributed by atoms with van der Waals surface area (Å²) in [6.45, 7) is 4.52. The van der Waals surface area contributed by atoms with Crippen LogP contribution in [0.3, 0.4) is 0 Å². The summed E-state index contributed by atoms with van der Waals surface area (Å²) in [5.74, 6) is -0.0190. The molecule has 5 nitrogen and oxygen atoms in total. The molecule has 2 atom stereocenters. The van der Waals surface area contributed by atoms with Crippen molar-refractivity contribution in [3.63, 3.8) is 0 Å². The number of likely N-dealkylation sites (tertiary alicyclic amines) is 1. The van der Waals surface area contributed by atoms with Crippen LogP contribution >= 0.6 is 11.8 Å². The Kier molecular flexibility index (Phi) is 4.21. The number of fused-ring (bicyclic) bond motifs is 2. The van der Waals surface area contributed by atoms with Crippen LogP contribution in [0.4, 0.5) is 11.4 Å². The van der Waals surface area contributed by atoms with Gasteiger partial charge in [0.05, 0.1) is 17.6 Å². The Morgan fingerprint density at radius 3 is 2.43 bits per heavy atom. The molecule has 2 saturated heterocycles. The second-order valence-corrected chi connectivity index (χ2v) is 9.16. The van der Waals surface area contributed by atoms with Gasteiger partial charge in [0.2, 0.25) is 10.8 Å². The quantitative estimate of drug-likeness (QED) is 0.802. The fourth-order valence-electron chi connectivity index (χ4n) is 4.58. The smallest absolute Gasteiger partial charge is 0.269 e. The van der Waals surface area contributed by atoms with Gasteiger partial charge in [-0.3, -0.25) is 24.3 Å². The molecule has 3 aliphatic rings. The zero-order chi connectivity index (χ0) is 19.3. The van der Waals surface area contributed by atoms with E-state index >= 15 is 0 Å². The average molecular weight is 394 g/mol. The molecule has 2 fully saturated rings. The van der Waals surface area contributed by atoms with E-state index in [-0.39, 0.29) is 17.1 Å². The maximum Gasteiger partial charge on any atom is 0.269 e. The average Bonchev–Trinajstić information content (AvgIpc) is 3.38. The molecule has 0 N–H and O–H groups in total. The maximum absolute atomic E-state index is 13.9. The monoisotopic (exact) mass is 393 g/mol. The van der Waals surface area contributed by atoms with Gasteiger partial charge in [-0.2, -0.15) is 0 Å². The molecule has 2 aromatic carbocycles. The predicted octanol–water partition coefficient (Wildman–Crippen LogP) is 3.41. The van der Waals surface area contributed by atoms with Gasteiger partial charge in [-0.1, -0.05) is 36.4 Å². The number of thioether (sulfide) groups is 1. The standard InChI is InChI=1S/C22H23N3O2S/c1-16-20(26)25(17-9-3-2-4-10-17)22(28-16)18-11-5-6-12-19(18)24(21(22)27)15-23-13-7-8-14-23/h2-6,9-12,16H,7-8,13-15H2,1H3. The minimum atomic E-state index is -1.02. The van der Waals surface area contributed by atoms with E-state index in [4.69, 9.17) is 0 Å². The van der Waals surface area contributed by atoms with Crippen LogP contribution in [0.25, 0.3) is 0 Å². The van der Waals surface area contributed by atoms with E-state index in [1.54, 1.807) is 4.90 Å². The van der Waals surface area contributed by atoms with Gasteiger partial charge in [0.1, 0.15) is 0 Å². The number of hydrogen-bond donors (Lipinski definition) is 0. The predicted molar refractivity (Wildman–Crippen MR) is 112 cm³/mol. The topological polar surface area (TPSA) is 43.9 Å². The van der Waals surface area contributed by atoms with Gasteiger partial charge in [-0.05, 0) is 51.1 Å². The number of carbonyl (C=O) groups excluding carboxylic acids is 2. The lowest BCUT2D eigenvalue weighted by Crippen LogP contribution is -2.51. The molecule has 144 valence electrons. The van der Waals surface area contributed by atoms with Crippen molar-refractivity contribution in [1.82, 2.24) is 4.90 Å². The minimum absolute atomic E-state index is 0.00727. The molecular weight excluding hydrogens is 370 g/mol. The summed E-state index contributed by atoms with van der Waals surface area (Å²) < 4.78 is 0. The van der Waals surface area contributed by atoms with Gasteiger partial charge in [0, 0.05) is 11.3 Å². The SMILES string of the molecule is CC1SC2(C(=O)N(CN3CCCC3)c3ccccc32)N(c2ccccc2)C1=O. The molecule has 1 spiro atoms. The Morgan fingerprint density at radius 1 is 1.00 bits per heavy atom. The third-order valence-corrected chi connectivity index (χ3v) is 7.35. The first-order valence-electron chi connectivity index (χ1n) is 9.84. The van der Waals surface area contributed by atoms with Crippen LogP contribution in [0.2, 0.25) is 0 Å². The van der Waals surface area contributed by atoms with E-state index < -0.39 is 4.87 Å². The van der Waals surface area contributed by atoms with Crippen molar-refractivity contribution in [3.8, 4) is 0 Å². The molecule has 2 amide bonds. The van der Waals surface area contributed by atoms with Crippen LogP contribution in [-0.4, -0.2) is 41.7 Å². The number of rotatable bonds is 3. The van der Waals surface area contributed by atoms with E-state index in [0.29, 0.717) is 6.67 Å². The lowest BCUT2D eigenvalue weighted by Gasteiger charge is -2.33. The largest absolute Gasteiger partial charge is 0.295 e. The third-order valence-electron chi connectivity index (χ3n) is 5.88. The Hall–Kier alpha value is -2.31.